The Morgan fingerprint density at radius 2 is 1.01 bits per heavy atom. The van der Waals surface area contributed by atoms with Crippen molar-refractivity contribution >= 4 is 28.2 Å². The molecule has 0 unspecified atom stereocenters. The first kappa shape index (κ1) is 60.6. The minimum atomic E-state index is -4.64. The van der Waals surface area contributed by atoms with E-state index in [1.807, 2.05) is 68.6 Å². The van der Waals surface area contributed by atoms with Gasteiger partial charge in [0.15, 0.2) is 0 Å². The number of aryl methyl sites for hydroxylation is 3. The maximum absolute atomic E-state index is 11.9. The fourth-order valence-corrected chi connectivity index (χ4v) is 5.78. The minimum absolute atomic E-state index is 0.146. The highest BCUT2D eigenvalue weighted by atomic mass is 35.5. The Kier molecular flexibility index (Phi) is 25.3. The predicted octanol–water partition coefficient (Wildman–Crippen LogP) is 16.7. The molecule has 0 aliphatic rings. The molecule has 0 amide bonds. The third-order valence-electron chi connectivity index (χ3n) is 8.92. The number of nitrogens with zero attached hydrogens (tertiary/aromatic N) is 2. The summed E-state index contributed by atoms with van der Waals surface area (Å²) in [6, 6.07) is 39.7. The van der Waals surface area contributed by atoms with E-state index < -0.39 is 24.6 Å². The molecule has 2 N–H and O–H groups in total. The molecule has 2 heterocycles. The third kappa shape index (κ3) is 25.8. The summed E-state index contributed by atoms with van der Waals surface area (Å²) in [5.41, 5.74) is 6.49. The number of halogens is 10. The van der Waals surface area contributed by atoms with E-state index in [9.17, 15) is 39.5 Å². The minimum Gasteiger partial charge on any atom is -0.497 e. The second kappa shape index (κ2) is 29.6. The Balaban J connectivity index is 0.000000330. The highest BCUT2D eigenvalue weighted by Crippen LogP contribution is 2.35. The molecule has 5 aromatic carbocycles. The number of aromatic nitrogens is 2. The van der Waals surface area contributed by atoms with Crippen molar-refractivity contribution in [3.05, 3.63) is 179 Å². The SMILES string of the molecule is CC.COc1ccc(OC(F)(F)F)cc1.Cc1ccc(-c2cnc3cc(Cl)ccc3c2NCCCNC(C)(C)C)cc1.Cc1ccc(C(F)(F)F)nc1.Cc1ccc(OC(F)(F)F)cc1.c1ccccc1. The van der Waals surface area contributed by atoms with Gasteiger partial charge in [0.1, 0.15) is 22.9 Å². The van der Waals surface area contributed by atoms with Gasteiger partial charge < -0.3 is 24.8 Å². The summed E-state index contributed by atoms with van der Waals surface area (Å²) < 4.78 is 118. The van der Waals surface area contributed by atoms with Gasteiger partial charge in [-0.2, -0.15) is 13.2 Å². The van der Waals surface area contributed by atoms with Crippen molar-refractivity contribution in [1.29, 1.82) is 0 Å². The largest absolute Gasteiger partial charge is 0.573 e. The fraction of sp³-hybridized carbons (Fsp3) is 0.296. The molecule has 2 aromatic heterocycles. The zero-order valence-corrected chi connectivity index (χ0v) is 41.7. The van der Waals surface area contributed by atoms with Crippen LogP contribution < -0.4 is 24.8 Å². The number of fused-ring (bicyclic) bond motifs is 1. The summed E-state index contributed by atoms with van der Waals surface area (Å²) >= 11 is 6.16. The number of hydrogen-bond donors (Lipinski definition) is 2. The van der Waals surface area contributed by atoms with Gasteiger partial charge in [-0.25, -0.2) is 0 Å². The second-order valence-electron chi connectivity index (χ2n) is 16.0. The van der Waals surface area contributed by atoms with E-state index in [2.05, 4.69) is 88.1 Å². The summed E-state index contributed by atoms with van der Waals surface area (Å²) in [5.74, 6) is 0.0379. The molecule has 0 saturated carbocycles. The molecule has 7 aromatic rings. The Morgan fingerprint density at radius 3 is 1.45 bits per heavy atom. The lowest BCUT2D eigenvalue weighted by Gasteiger charge is -2.21. The van der Waals surface area contributed by atoms with Crippen LogP contribution in [-0.2, 0) is 6.18 Å². The molecule has 0 bridgehead atoms. The number of benzene rings is 5. The molecule has 17 heteroatoms. The van der Waals surface area contributed by atoms with Gasteiger partial charge in [0.05, 0.1) is 18.3 Å². The first-order valence-electron chi connectivity index (χ1n) is 22.2. The van der Waals surface area contributed by atoms with Crippen molar-refractivity contribution in [3.63, 3.8) is 0 Å². The number of hydrogen-bond acceptors (Lipinski definition) is 7. The zero-order chi connectivity index (χ0) is 53.3. The average Bonchev–Trinajstić information content (AvgIpc) is 3.31. The molecule has 0 saturated heterocycles. The molecule has 384 valence electrons. The first-order chi connectivity index (χ1) is 33.3. The summed E-state index contributed by atoms with van der Waals surface area (Å²) in [4.78, 5) is 7.87. The van der Waals surface area contributed by atoms with Gasteiger partial charge >= 0.3 is 18.9 Å². The lowest BCUT2D eigenvalue weighted by Crippen LogP contribution is -2.36. The third-order valence-corrected chi connectivity index (χ3v) is 9.16. The van der Waals surface area contributed by atoms with Crippen LogP contribution in [-0.4, -0.2) is 48.4 Å². The van der Waals surface area contributed by atoms with Gasteiger partial charge in [0.25, 0.3) is 0 Å². The number of nitrogens with one attached hydrogen (secondary N) is 2. The second-order valence-corrected chi connectivity index (χ2v) is 16.4. The summed E-state index contributed by atoms with van der Waals surface area (Å²) in [7, 11) is 1.43. The van der Waals surface area contributed by atoms with Crippen LogP contribution in [0.2, 0.25) is 5.02 Å². The molecule has 71 heavy (non-hydrogen) atoms. The smallest absolute Gasteiger partial charge is 0.497 e. The Bertz CT molecular complexity index is 2510. The van der Waals surface area contributed by atoms with E-state index in [0.29, 0.717) is 10.8 Å². The molecule has 0 aliphatic carbocycles. The Morgan fingerprint density at radius 1 is 0.549 bits per heavy atom. The van der Waals surface area contributed by atoms with E-state index in [-0.39, 0.29) is 17.0 Å². The van der Waals surface area contributed by atoms with Gasteiger partial charge in [0, 0.05) is 40.4 Å². The number of methoxy groups -OCH3 is 1. The quantitative estimate of drug-likeness (QED) is 0.110. The Labute approximate surface area is 415 Å². The van der Waals surface area contributed by atoms with Gasteiger partial charge in [-0.1, -0.05) is 115 Å². The van der Waals surface area contributed by atoms with Crippen LogP contribution >= 0.6 is 11.6 Å². The van der Waals surface area contributed by atoms with Crippen molar-refractivity contribution in [2.75, 3.05) is 25.5 Å². The van der Waals surface area contributed by atoms with Crippen LogP contribution in [0.5, 0.6) is 17.2 Å². The fourth-order valence-electron chi connectivity index (χ4n) is 5.61. The predicted molar refractivity (Wildman–Crippen MR) is 267 cm³/mol. The van der Waals surface area contributed by atoms with Crippen LogP contribution in [0.3, 0.4) is 0 Å². The van der Waals surface area contributed by atoms with Crippen molar-refractivity contribution < 1.29 is 53.7 Å². The van der Waals surface area contributed by atoms with Crippen molar-refractivity contribution in [2.45, 2.75) is 86.3 Å². The number of ether oxygens (including phenoxy) is 3. The van der Waals surface area contributed by atoms with Crippen LogP contribution in [0.25, 0.3) is 22.0 Å². The van der Waals surface area contributed by atoms with Gasteiger partial charge in [0.2, 0.25) is 0 Å². The normalized spacial score (nSPS) is 11.0. The first-order valence-corrected chi connectivity index (χ1v) is 22.6. The highest BCUT2D eigenvalue weighted by Gasteiger charge is 2.32. The molecule has 7 rings (SSSR count). The van der Waals surface area contributed by atoms with Crippen molar-refractivity contribution in [1.82, 2.24) is 15.3 Å². The maximum atomic E-state index is 11.9. The van der Waals surface area contributed by atoms with Gasteiger partial charge in [-0.15, -0.1) is 26.3 Å². The van der Waals surface area contributed by atoms with E-state index in [0.717, 1.165) is 58.9 Å². The van der Waals surface area contributed by atoms with Gasteiger partial charge in [-0.05, 0) is 126 Å². The average molecular weight is 1020 g/mol. The van der Waals surface area contributed by atoms with E-state index >= 15 is 0 Å². The van der Waals surface area contributed by atoms with Crippen molar-refractivity contribution in [3.8, 4) is 28.4 Å². The number of anilines is 1. The van der Waals surface area contributed by atoms with Crippen LogP contribution in [0.1, 0.15) is 63.4 Å². The molecule has 7 nitrogen and oxygen atoms in total. The lowest BCUT2D eigenvalue weighted by atomic mass is 10.0. The number of pyridine rings is 2. The van der Waals surface area contributed by atoms with Crippen molar-refractivity contribution in [2.24, 2.45) is 0 Å². The highest BCUT2D eigenvalue weighted by molar-refractivity contribution is 6.31. The maximum Gasteiger partial charge on any atom is 0.573 e. The van der Waals surface area contributed by atoms with E-state index in [1.165, 1.54) is 66.9 Å². The van der Waals surface area contributed by atoms with E-state index in [1.54, 1.807) is 26.0 Å². The molecule has 0 spiro atoms. The topological polar surface area (TPSA) is 77.5 Å². The van der Waals surface area contributed by atoms with Gasteiger partial charge in [-0.3, -0.25) is 9.97 Å². The van der Waals surface area contributed by atoms with Crippen LogP contribution in [0.15, 0.2) is 152 Å². The number of rotatable bonds is 9. The lowest BCUT2D eigenvalue weighted by molar-refractivity contribution is -0.275. The van der Waals surface area contributed by atoms with E-state index in [4.69, 9.17) is 16.3 Å². The summed E-state index contributed by atoms with van der Waals surface area (Å²) in [6.07, 6.45) is -9.39. The standard InChI is InChI=1S/C23H28ClN3.C8H7F3O2.C8H7F3O.C7H6F3N.C6H6.C2H6/c1-16-6-8-17(9-7-16)20-15-26-21-14-18(24)10-11-19(21)22(20)25-12-5-13-27-23(2,3)4;1-12-6-2-4-7(5-3-6)13-8(9,10)11;1-6-2-4-7(5-3-6)12-8(9,10)11;1-5-2-3-6(11-4-5)7(8,9)10;1-2-4-6-5-3-1;1-2/h6-11,14-15,27H,5,12-13H2,1-4H3,(H,25,26);2-5H,1H3;2-5H,1H3;2-4H,1H3;1-6H;1-2H3. The molecule has 0 aliphatic heterocycles. The van der Waals surface area contributed by atoms with Crippen LogP contribution in [0.4, 0.5) is 45.2 Å². The summed E-state index contributed by atoms with van der Waals surface area (Å²) in [5, 5.41) is 8.99. The van der Waals surface area contributed by atoms with Crippen LogP contribution in [0, 0.1) is 20.8 Å². The molecule has 0 radical (unpaired) electrons. The zero-order valence-electron chi connectivity index (χ0n) is 41.0. The monoisotopic (exact) mass is 1020 g/mol. The Hall–Kier alpha value is -6.52. The molecular weight excluding hydrogens is 959 g/mol. The molecular formula is C54H60ClF9N4O3. The molecule has 0 fully saturated rings. The summed E-state index contributed by atoms with van der Waals surface area (Å²) in [6.45, 7) is 18.0. The number of alkyl halides is 9. The molecule has 0 atom stereocenters.